The molecule has 0 bridgehead atoms. The highest BCUT2D eigenvalue weighted by Crippen LogP contribution is 2.42. The number of benzene rings is 1. The van der Waals surface area contributed by atoms with E-state index in [1.165, 1.54) is 5.69 Å². The molecule has 5 nitrogen and oxygen atoms in total. The summed E-state index contributed by atoms with van der Waals surface area (Å²) in [7, 11) is 1.70. The lowest BCUT2D eigenvalue weighted by molar-refractivity contribution is -0.0272. The number of rotatable bonds is 4. The van der Waals surface area contributed by atoms with Crippen molar-refractivity contribution >= 4 is 11.5 Å². The normalized spacial score (nSPS) is 19.3. The number of nitrogen functional groups attached to an aromatic ring is 1. The van der Waals surface area contributed by atoms with E-state index in [0.717, 1.165) is 44.0 Å². The molecule has 2 aromatic rings. The van der Waals surface area contributed by atoms with Crippen LogP contribution in [0.5, 0.6) is 5.75 Å². The summed E-state index contributed by atoms with van der Waals surface area (Å²) < 4.78 is 5.21. The first kappa shape index (κ1) is 14.3. The minimum atomic E-state index is 0.469. The Bertz CT molecular complexity index is 686. The molecule has 2 aliphatic heterocycles. The Kier molecular flexibility index (Phi) is 3.38. The number of methoxy groups -OCH3 is 1. The van der Waals surface area contributed by atoms with Crippen LogP contribution in [-0.2, 0) is 6.54 Å². The van der Waals surface area contributed by atoms with Crippen molar-refractivity contribution in [2.45, 2.75) is 6.54 Å². The smallest absolute Gasteiger partial charge is 0.127 e. The van der Waals surface area contributed by atoms with Gasteiger partial charge in [0.1, 0.15) is 11.6 Å². The molecule has 0 atom stereocenters. The molecule has 5 heteroatoms. The zero-order valence-corrected chi connectivity index (χ0v) is 13.4. The number of hydrogen-bond acceptors (Lipinski definition) is 5. The molecule has 2 aliphatic rings. The summed E-state index contributed by atoms with van der Waals surface area (Å²) in [5.41, 5.74) is 8.81. The van der Waals surface area contributed by atoms with E-state index < -0.39 is 0 Å². The minimum Gasteiger partial charge on any atom is -0.497 e. The number of aromatic nitrogens is 1. The number of anilines is 2. The second-order valence-electron chi connectivity index (χ2n) is 6.75. The number of nitrogens with zero attached hydrogens (tertiary/aromatic N) is 3. The summed E-state index contributed by atoms with van der Waals surface area (Å²) in [6.07, 6.45) is 1.75. The van der Waals surface area contributed by atoms with Crippen LogP contribution in [0.1, 0.15) is 5.56 Å². The van der Waals surface area contributed by atoms with Crippen LogP contribution in [-0.4, -0.2) is 43.2 Å². The largest absolute Gasteiger partial charge is 0.497 e. The summed E-state index contributed by atoms with van der Waals surface area (Å²) in [5, 5.41) is 0. The average molecular weight is 310 g/mol. The molecular weight excluding hydrogens is 288 g/mol. The Hall–Kier alpha value is -2.27. The minimum absolute atomic E-state index is 0.469. The third-order valence-corrected chi connectivity index (χ3v) is 4.93. The molecule has 2 N–H and O–H groups in total. The van der Waals surface area contributed by atoms with Crippen molar-refractivity contribution in [2.24, 2.45) is 5.41 Å². The second-order valence-corrected chi connectivity index (χ2v) is 6.75. The van der Waals surface area contributed by atoms with Crippen LogP contribution >= 0.6 is 0 Å². The monoisotopic (exact) mass is 310 g/mol. The Balaban J connectivity index is 1.30. The average Bonchev–Trinajstić information content (AvgIpc) is 2.50. The Labute approximate surface area is 136 Å². The molecule has 23 heavy (non-hydrogen) atoms. The predicted octanol–water partition coefficient (Wildman–Crippen LogP) is 1.99. The van der Waals surface area contributed by atoms with E-state index in [9.17, 15) is 0 Å². The van der Waals surface area contributed by atoms with Crippen molar-refractivity contribution in [1.29, 1.82) is 0 Å². The van der Waals surface area contributed by atoms with Crippen LogP contribution in [0.25, 0.3) is 0 Å². The number of nitrogens with two attached hydrogens (primary N) is 1. The van der Waals surface area contributed by atoms with Gasteiger partial charge in [0.25, 0.3) is 0 Å². The van der Waals surface area contributed by atoms with Gasteiger partial charge >= 0.3 is 0 Å². The second kappa shape index (κ2) is 5.42. The fourth-order valence-electron chi connectivity index (χ4n) is 3.78. The molecule has 1 aromatic carbocycles. The third-order valence-electron chi connectivity index (χ3n) is 4.93. The highest BCUT2D eigenvalue weighted by atomic mass is 16.5. The molecule has 1 aromatic heterocycles. The van der Waals surface area contributed by atoms with Crippen LogP contribution in [0.15, 0.2) is 42.6 Å². The van der Waals surface area contributed by atoms with E-state index in [1.807, 2.05) is 18.2 Å². The summed E-state index contributed by atoms with van der Waals surface area (Å²) in [4.78, 5) is 9.06. The lowest BCUT2D eigenvalue weighted by atomic mass is 9.72. The van der Waals surface area contributed by atoms with E-state index in [4.69, 9.17) is 10.5 Å². The van der Waals surface area contributed by atoms with Gasteiger partial charge in [-0.1, -0.05) is 6.07 Å². The Morgan fingerprint density at radius 3 is 2.52 bits per heavy atom. The fraction of sp³-hybridized carbons (Fsp3) is 0.389. The lowest BCUT2D eigenvalue weighted by Gasteiger charge is -2.61. The van der Waals surface area contributed by atoms with Gasteiger partial charge in [-0.25, -0.2) is 4.98 Å². The van der Waals surface area contributed by atoms with Gasteiger partial charge in [0, 0.05) is 55.6 Å². The molecule has 0 aliphatic carbocycles. The number of ether oxygens (including phenoxy) is 1. The maximum atomic E-state index is 5.93. The summed E-state index contributed by atoms with van der Waals surface area (Å²) in [6.45, 7) is 5.47. The molecule has 0 radical (unpaired) electrons. The van der Waals surface area contributed by atoms with Gasteiger partial charge in [-0.3, -0.25) is 4.90 Å². The van der Waals surface area contributed by atoms with Crippen LogP contribution in [0.3, 0.4) is 0 Å². The molecule has 2 saturated heterocycles. The van der Waals surface area contributed by atoms with E-state index in [2.05, 4.69) is 33.0 Å². The topological polar surface area (TPSA) is 54.6 Å². The van der Waals surface area contributed by atoms with Crippen molar-refractivity contribution in [3.05, 3.63) is 48.2 Å². The number of hydrogen-bond donors (Lipinski definition) is 1. The third kappa shape index (κ3) is 2.61. The standard InChI is InChI=1S/C18H22N4O/c1-23-16-6-4-15(5-7-16)22-12-18(13-22)10-21(11-18)9-14-3-2-8-20-17(14)19/h2-8H,9-13H2,1H3,(H2,19,20). The van der Waals surface area contributed by atoms with Crippen molar-refractivity contribution in [1.82, 2.24) is 9.88 Å². The van der Waals surface area contributed by atoms with Crippen LogP contribution in [0.4, 0.5) is 11.5 Å². The highest BCUT2D eigenvalue weighted by Gasteiger charge is 2.51. The van der Waals surface area contributed by atoms with E-state index in [-0.39, 0.29) is 0 Å². The molecule has 4 rings (SSSR count). The number of pyridine rings is 1. The molecule has 3 heterocycles. The van der Waals surface area contributed by atoms with Crippen molar-refractivity contribution in [3.8, 4) is 5.75 Å². The van der Waals surface area contributed by atoms with Gasteiger partial charge in [-0.15, -0.1) is 0 Å². The quantitative estimate of drug-likeness (QED) is 0.936. The Morgan fingerprint density at radius 1 is 1.13 bits per heavy atom. The van der Waals surface area contributed by atoms with Crippen LogP contribution < -0.4 is 15.4 Å². The zero-order chi connectivity index (χ0) is 15.9. The van der Waals surface area contributed by atoms with Crippen molar-refractivity contribution in [3.63, 3.8) is 0 Å². The molecule has 0 unspecified atom stereocenters. The molecule has 2 fully saturated rings. The summed E-state index contributed by atoms with van der Waals surface area (Å²) in [5.74, 6) is 1.56. The first-order valence-electron chi connectivity index (χ1n) is 7.98. The SMILES string of the molecule is COc1ccc(N2CC3(CN(Cc4cccnc4N)C3)C2)cc1. The van der Waals surface area contributed by atoms with Gasteiger partial charge < -0.3 is 15.4 Å². The molecule has 120 valence electrons. The van der Waals surface area contributed by atoms with E-state index in [1.54, 1.807) is 13.3 Å². The predicted molar refractivity (Wildman–Crippen MR) is 91.6 cm³/mol. The van der Waals surface area contributed by atoms with Crippen LogP contribution in [0.2, 0.25) is 0 Å². The summed E-state index contributed by atoms with van der Waals surface area (Å²) >= 11 is 0. The van der Waals surface area contributed by atoms with Gasteiger partial charge in [0.2, 0.25) is 0 Å². The highest BCUT2D eigenvalue weighted by molar-refractivity contribution is 5.52. The Morgan fingerprint density at radius 2 is 1.87 bits per heavy atom. The molecule has 0 amide bonds. The fourth-order valence-corrected chi connectivity index (χ4v) is 3.78. The van der Waals surface area contributed by atoms with E-state index in [0.29, 0.717) is 11.2 Å². The van der Waals surface area contributed by atoms with Crippen molar-refractivity contribution < 1.29 is 4.74 Å². The lowest BCUT2D eigenvalue weighted by Crippen LogP contribution is -2.71. The van der Waals surface area contributed by atoms with Crippen molar-refractivity contribution in [2.75, 3.05) is 43.9 Å². The zero-order valence-electron chi connectivity index (χ0n) is 13.4. The molecular formula is C18H22N4O. The maximum Gasteiger partial charge on any atom is 0.127 e. The van der Waals surface area contributed by atoms with Gasteiger partial charge in [0.15, 0.2) is 0 Å². The first-order valence-corrected chi connectivity index (χ1v) is 7.98. The van der Waals surface area contributed by atoms with Gasteiger partial charge in [0.05, 0.1) is 7.11 Å². The first-order chi connectivity index (χ1) is 11.2. The van der Waals surface area contributed by atoms with Crippen LogP contribution in [0, 0.1) is 5.41 Å². The summed E-state index contributed by atoms with van der Waals surface area (Å²) in [6, 6.07) is 12.3. The van der Waals surface area contributed by atoms with Gasteiger partial charge in [-0.05, 0) is 30.3 Å². The van der Waals surface area contributed by atoms with Gasteiger partial charge in [-0.2, -0.15) is 0 Å². The molecule has 1 spiro atoms. The maximum absolute atomic E-state index is 5.93. The number of likely N-dealkylation sites (tertiary alicyclic amines) is 1. The molecule has 0 saturated carbocycles. The van der Waals surface area contributed by atoms with E-state index >= 15 is 0 Å².